The molecule has 4 heteroatoms. The fourth-order valence-electron chi connectivity index (χ4n) is 0.313. The van der Waals surface area contributed by atoms with Crippen LogP contribution in [0.3, 0.4) is 0 Å². The summed E-state index contributed by atoms with van der Waals surface area (Å²) in [6, 6.07) is 5.72. The molecular weight excluding hydrogens is 245 g/mol. The number of carbonyl (C=O) groups excluding carboxylic acids is 2. The minimum atomic E-state index is 0. The van der Waals surface area contributed by atoms with Gasteiger partial charge < -0.3 is 17.0 Å². The Labute approximate surface area is 86.0 Å². The van der Waals surface area contributed by atoms with Crippen molar-refractivity contribution < 1.29 is 29.1 Å². The van der Waals surface area contributed by atoms with E-state index in [1.165, 1.54) is 0 Å². The van der Waals surface area contributed by atoms with Crippen LogP contribution < -0.4 is 0 Å². The fourth-order valence-corrected chi connectivity index (χ4v) is 0.313. The second-order valence-electron chi connectivity index (χ2n) is 1.02. The maximum absolute atomic E-state index is 7.75. The Hall–Kier alpha value is -0.887. The van der Waals surface area contributed by atoms with Gasteiger partial charge in [0, 0.05) is 12.4 Å². The molecule has 0 saturated heterocycles. The molecule has 1 aromatic heterocycles. The quantitative estimate of drug-likeness (QED) is 0.394. The van der Waals surface area contributed by atoms with Crippen LogP contribution in [0, 0.1) is 7.43 Å². The molecule has 0 radical (unpaired) electrons. The van der Waals surface area contributed by atoms with Crippen molar-refractivity contribution in [2.24, 2.45) is 0 Å². The monoisotopic (exact) mass is 255 g/mol. The first-order valence-corrected chi connectivity index (χ1v) is 2.32. The van der Waals surface area contributed by atoms with Gasteiger partial charge in [0.15, 0.2) is 0 Å². The summed E-state index contributed by atoms with van der Waals surface area (Å²) in [5.41, 5.74) is 0. The Morgan fingerprint density at radius 3 is 1.25 bits per heavy atom. The predicted molar refractivity (Wildman–Crippen MR) is 44.2 cm³/mol. The average Bonchev–Trinajstić information content (AvgIpc) is 2.14. The number of pyridine rings is 1. The largest absolute Gasteiger partial charge is 3.00 e. The number of hydrogen-bond acceptors (Lipinski definition) is 3. The third kappa shape index (κ3) is 22.9. The van der Waals surface area contributed by atoms with Crippen LogP contribution in [0.15, 0.2) is 30.6 Å². The molecule has 3 nitrogen and oxygen atoms in total. The summed E-state index contributed by atoms with van der Waals surface area (Å²) in [4.78, 5) is 19.3. The third-order valence-corrected chi connectivity index (χ3v) is 0.566. The normalized spacial score (nSPS) is 4.67. The topological polar surface area (TPSA) is 47.0 Å². The van der Waals surface area contributed by atoms with Crippen molar-refractivity contribution in [1.82, 2.24) is 4.98 Å². The first-order chi connectivity index (χ1) is 5.00. The molecule has 0 fully saturated rings. The summed E-state index contributed by atoms with van der Waals surface area (Å²) in [5, 5.41) is 0. The van der Waals surface area contributed by atoms with Gasteiger partial charge in [-0.25, -0.2) is 0 Å². The van der Waals surface area contributed by atoms with E-state index in [1.807, 2.05) is 18.2 Å². The minimum Gasteiger partial charge on any atom is -0.545 e. The molecule has 0 aromatic carbocycles. The van der Waals surface area contributed by atoms with Crippen LogP contribution in [0.5, 0.6) is 0 Å². The fraction of sp³-hybridized carbons (Fsp3) is 0. The predicted octanol–water partition coefficient (Wildman–Crippen LogP) is 0.981. The van der Waals surface area contributed by atoms with E-state index in [2.05, 4.69) is 18.6 Å². The molecule has 0 amide bonds. The van der Waals surface area contributed by atoms with E-state index in [9.17, 15) is 0 Å². The summed E-state index contributed by atoms with van der Waals surface area (Å²) < 4.78 is 0. The zero-order valence-corrected chi connectivity index (χ0v) is 8.28. The average molecular weight is 255 g/mol. The minimum absolute atomic E-state index is 0. The van der Waals surface area contributed by atoms with E-state index in [4.69, 9.17) is 9.59 Å². The molecule has 0 atom stereocenters. The van der Waals surface area contributed by atoms with E-state index in [-0.39, 0.29) is 26.9 Å². The van der Waals surface area contributed by atoms with Gasteiger partial charge >= 0.3 is 19.5 Å². The van der Waals surface area contributed by atoms with Crippen molar-refractivity contribution in [3.63, 3.8) is 0 Å². The molecular formula is C8H10NO2Rh. The van der Waals surface area contributed by atoms with Crippen LogP contribution in [0.25, 0.3) is 0 Å². The second-order valence-corrected chi connectivity index (χ2v) is 1.02. The standard InChI is InChI=1S/C5H5N.2CHO.CH3.Rh/c1-2-4-6-5-3-1;2*1-2;;/h1-5H;2*1H;1H3;/q;3*-1;+3. The van der Waals surface area contributed by atoms with Gasteiger partial charge in [0.25, 0.3) is 0 Å². The molecule has 1 heterocycles. The van der Waals surface area contributed by atoms with Gasteiger partial charge in [-0.15, -0.1) is 0 Å². The van der Waals surface area contributed by atoms with Crippen molar-refractivity contribution in [3.05, 3.63) is 38.0 Å². The molecule has 0 unspecified atom stereocenters. The molecule has 0 aliphatic heterocycles. The van der Waals surface area contributed by atoms with Crippen molar-refractivity contribution >= 4 is 13.6 Å². The van der Waals surface area contributed by atoms with Gasteiger partial charge in [0.05, 0.1) is 0 Å². The van der Waals surface area contributed by atoms with Crippen LogP contribution >= 0.6 is 0 Å². The molecule has 0 saturated carbocycles. The van der Waals surface area contributed by atoms with Crippen molar-refractivity contribution in [2.45, 2.75) is 0 Å². The molecule has 0 aliphatic rings. The zero-order valence-electron chi connectivity index (χ0n) is 6.64. The van der Waals surface area contributed by atoms with Crippen molar-refractivity contribution in [1.29, 1.82) is 0 Å². The van der Waals surface area contributed by atoms with Gasteiger partial charge in [-0.3, -0.25) is 18.6 Å². The molecule has 12 heavy (non-hydrogen) atoms. The third-order valence-electron chi connectivity index (χ3n) is 0.566. The summed E-state index contributed by atoms with van der Waals surface area (Å²) in [5.74, 6) is 0. The van der Waals surface area contributed by atoms with E-state index < -0.39 is 0 Å². The number of rotatable bonds is 0. The zero-order chi connectivity index (χ0) is 8.24. The molecule has 0 spiro atoms. The number of aromatic nitrogens is 1. The summed E-state index contributed by atoms with van der Waals surface area (Å²) in [7, 11) is 0. The van der Waals surface area contributed by atoms with Gasteiger partial charge in [-0.2, -0.15) is 0 Å². The molecule has 68 valence electrons. The van der Waals surface area contributed by atoms with E-state index in [1.54, 1.807) is 12.4 Å². The van der Waals surface area contributed by atoms with Crippen LogP contribution in [0.2, 0.25) is 0 Å². The van der Waals surface area contributed by atoms with Crippen molar-refractivity contribution in [3.8, 4) is 0 Å². The molecule has 0 N–H and O–H groups in total. The summed E-state index contributed by atoms with van der Waals surface area (Å²) in [6.45, 7) is 6.50. The van der Waals surface area contributed by atoms with E-state index >= 15 is 0 Å². The van der Waals surface area contributed by atoms with E-state index in [0.29, 0.717) is 0 Å². The smallest absolute Gasteiger partial charge is 0.545 e. The summed E-state index contributed by atoms with van der Waals surface area (Å²) in [6.07, 6.45) is 3.50. The SMILES string of the molecule is [CH-]=O.[CH-]=O.[CH3-].[Rh+3].c1ccncc1. The molecule has 0 bridgehead atoms. The first kappa shape index (κ1) is 22.5. The first-order valence-electron chi connectivity index (χ1n) is 2.32. The molecule has 1 aromatic rings. The second kappa shape index (κ2) is 32.1. The Morgan fingerprint density at radius 1 is 0.833 bits per heavy atom. The molecule has 0 aliphatic carbocycles. The van der Waals surface area contributed by atoms with Gasteiger partial charge in [-0.05, 0) is 12.1 Å². The molecule has 1 rings (SSSR count). The van der Waals surface area contributed by atoms with Crippen LogP contribution in [0.4, 0.5) is 0 Å². The van der Waals surface area contributed by atoms with Crippen LogP contribution in [0.1, 0.15) is 0 Å². The Bertz CT molecular complexity index is 109. The number of nitrogens with zero attached hydrogens (tertiary/aromatic N) is 1. The maximum Gasteiger partial charge on any atom is 3.00 e. The Morgan fingerprint density at radius 2 is 1.17 bits per heavy atom. The van der Waals surface area contributed by atoms with Gasteiger partial charge in [-0.1, -0.05) is 6.07 Å². The van der Waals surface area contributed by atoms with Gasteiger partial charge in [0.1, 0.15) is 0 Å². The van der Waals surface area contributed by atoms with Gasteiger partial charge in [0.2, 0.25) is 0 Å². The maximum atomic E-state index is 7.75. The Kier molecular flexibility index (Phi) is 60.1. The van der Waals surface area contributed by atoms with Crippen molar-refractivity contribution in [2.75, 3.05) is 0 Å². The van der Waals surface area contributed by atoms with E-state index in [0.717, 1.165) is 0 Å². The van der Waals surface area contributed by atoms with Crippen LogP contribution in [-0.4, -0.2) is 18.6 Å². The summed E-state index contributed by atoms with van der Waals surface area (Å²) >= 11 is 0. The number of hydrogen-bond donors (Lipinski definition) is 0. The Balaban J connectivity index is -0.0000000480. The van der Waals surface area contributed by atoms with Crippen LogP contribution in [-0.2, 0) is 29.1 Å².